The van der Waals surface area contributed by atoms with Gasteiger partial charge in [0, 0.05) is 9.90 Å². The summed E-state index contributed by atoms with van der Waals surface area (Å²) in [7, 11) is 0. The van der Waals surface area contributed by atoms with Crippen molar-refractivity contribution in [2.45, 2.75) is 19.4 Å². The minimum atomic E-state index is -0.477. The fourth-order valence-electron chi connectivity index (χ4n) is 1.69. The normalized spacial score (nSPS) is 14.8. The molecule has 1 unspecified atom stereocenters. The van der Waals surface area contributed by atoms with Crippen LogP contribution in [0.15, 0.2) is 35.7 Å². The number of hydrogen-bond acceptors (Lipinski definition) is 2. The zero-order valence-electron chi connectivity index (χ0n) is 9.33. The summed E-state index contributed by atoms with van der Waals surface area (Å²) in [6, 6.07) is 9.86. The van der Waals surface area contributed by atoms with E-state index in [0.717, 1.165) is 16.1 Å². The van der Waals surface area contributed by atoms with Gasteiger partial charge in [-0.15, -0.1) is 11.3 Å². The highest BCUT2D eigenvalue weighted by molar-refractivity contribution is 7.10. The molecule has 0 saturated heterocycles. The molecule has 2 aromatic rings. The number of hydrogen-bond donors (Lipinski definition) is 1. The zero-order valence-corrected chi connectivity index (χ0v) is 10.9. The monoisotopic (exact) mass is 251 g/mol. The maximum atomic E-state index is 6.39. The van der Waals surface area contributed by atoms with Gasteiger partial charge in [0.15, 0.2) is 0 Å². The van der Waals surface area contributed by atoms with Crippen LogP contribution in [0.1, 0.15) is 22.9 Å². The molecule has 1 atom stereocenters. The Kier molecular flexibility index (Phi) is 3.06. The lowest BCUT2D eigenvalue weighted by molar-refractivity contribution is 0.605. The Labute approximate surface area is 105 Å². The highest BCUT2D eigenvalue weighted by atomic mass is 35.5. The van der Waals surface area contributed by atoms with Crippen LogP contribution in [0.25, 0.3) is 0 Å². The molecule has 2 rings (SSSR count). The van der Waals surface area contributed by atoms with Gasteiger partial charge in [-0.1, -0.05) is 23.7 Å². The van der Waals surface area contributed by atoms with E-state index in [1.165, 1.54) is 4.88 Å². The zero-order chi connectivity index (χ0) is 11.8. The van der Waals surface area contributed by atoms with E-state index in [9.17, 15) is 0 Å². The lowest BCUT2D eigenvalue weighted by Crippen LogP contribution is -2.33. The molecule has 3 heteroatoms. The maximum absolute atomic E-state index is 6.39. The van der Waals surface area contributed by atoms with Crippen LogP contribution in [-0.4, -0.2) is 0 Å². The van der Waals surface area contributed by atoms with Crippen molar-refractivity contribution < 1.29 is 0 Å². The third-order valence-electron chi connectivity index (χ3n) is 2.75. The molecule has 1 heterocycles. The highest BCUT2D eigenvalue weighted by Crippen LogP contribution is 2.30. The van der Waals surface area contributed by atoms with Crippen molar-refractivity contribution in [2.24, 2.45) is 5.73 Å². The average molecular weight is 252 g/mol. The first-order valence-corrected chi connectivity index (χ1v) is 6.36. The minimum Gasteiger partial charge on any atom is -0.318 e. The SMILES string of the molecule is Cc1cc(C(C)(N)c2cccc(Cl)c2)cs1. The van der Waals surface area contributed by atoms with Crippen LogP contribution in [0.4, 0.5) is 0 Å². The van der Waals surface area contributed by atoms with Gasteiger partial charge in [0.25, 0.3) is 0 Å². The topological polar surface area (TPSA) is 26.0 Å². The smallest absolute Gasteiger partial charge is 0.0645 e. The first-order valence-electron chi connectivity index (χ1n) is 5.10. The van der Waals surface area contributed by atoms with E-state index >= 15 is 0 Å². The van der Waals surface area contributed by atoms with Gasteiger partial charge in [0.2, 0.25) is 0 Å². The molecule has 0 amide bonds. The van der Waals surface area contributed by atoms with Gasteiger partial charge < -0.3 is 5.73 Å². The molecule has 84 valence electrons. The summed E-state index contributed by atoms with van der Waals surface area (Å²) in [5.41, 5.74) is 8.09. The predicted molar refractivity (Wildman–Crippen MR) is 71.1 cm³/mol. The third kappa shape index (κ3) is 2.14. The van der Waals surface area contributed by atoms with Crippen molar-refractivity contribution in [2.75, 3.05) is 0 Å². The Bertz CT molecular complexity index is 502. The molecule has 0 aliphatic carbocycles. The predicted octanol–water partition coefficient (Wildman–Crippen LogP) is 3.93. The molecule has 2 N–H and O–H groups in total. The minimum absolute atomic E-state index is 0.477. The molecular formula is C13H14ClNS. The van der Waals surface area contributed by atoms with Crippen molar-refractivity contribution in [3.8, 4) is 0 Å². The first-order chi connectivity index (χ1) is 7.50. The largest absolute Gasteiger partial charge is 0.318 e. The molecule has 0 bridgehead atoms. The second-order valence-electron chi connectivity index (χ2n) is 4.16. The molecule has 0 fully saturated rings. The maximum Gasteiger partial charge on any atom is 0.0645 e. The average Bonchev–Trinajstić information content (AvgIpc) is 2.65. The van der Waals surface area contributed by atoms with Gasteiger partial charge in [-0.25, -0.2) is 0 Å². The number of aryl methyl sites for hydroxylation is 1. The van der Waals surface area contributed by atoms with E-state index in [2.05, 4.69) is 18.4 Å². The van der Waals surface area contributed by atoms with E-state index < -0.39 is 5.54 Å². The van der Waals surface area contributed by atoms with Crippen LogP contribution < -0.4 is 5.73 Å². The molecule has 0 saturated carbocycles. The standard InChI is InChI=1S/C13H14ClNS/c1-9-6-11(8-16-9)13(2,15)10-4-3-5-12(14)7-10/h3-8H,15H2,1-2H3. The van der Waals surface area contributed by atoms with Gasteiger partial charge in [0.05, 0.1) is 5.54 Å². The lowest BCUT2D eigenvalue weighted by Gasteiger charge is -2.24. The van der Waals surface area contributed by atoms with Gasteiger partial charge in [-0.2, -0.15) is 0 Å². The van der Waals surface area contributed by atoms with E-state index in [1.54, 1.807) is 11.3 Å². The number of rotatable bonds is 2. The van der Waals surface area contributed by atoms with Crippen molar-refractivity contribution in [1.82, 2.24) is 0 Å². The number of benzene rings is 1. The molecule has 0 spiro atoms. The quantitative estimate of drug-likeness (QED) is 0.860. The van der Waals surface area contributed by atoms with Crippen LogP contribution in [0, 0.1) is 6.92 Å². The molecule has 1 aromatic carbocycles. The summed E-state index contributed by atoms with van der Waals surface area (Å²) in [5, 5.41) is 2.83. The fraction of sp³-hybridized carbons (Fsp3) is 0.231. The van der Waals surface area contributed by atoms with Gasteiger partial charge in [-0.05, 0) is 48.6 Å². The second kappa shape index (κ2) is 4.21. The van der Waals surface area contributed by atoms with Gasteiger partial charge >= 0.3 is 0 Å². The Hall–Kier alpha value is -0.830. The summed E-state index contributed by atoms with van der Waals surface area (Å²) < 4.78 is 0. The molecule has 1 nitrogen and oxygen atoms in total. The summed E-state index contributed by atoms with van der Waals surface area (Å²) in [6.45, 7) is 4.10. The van der Waals surface area contributed by atoms with E-state index in [-0.39, 0.29) is 0 Å². The second-order valence-corrected chi connectivity index (χ2v) is 5.71. The van der Waals surface area contributed by atoms with Crippen LogP contribution in [-0.2, 0) is 5.54 Å². The molecular weight excluding hydrogens is 238 g/mol. The van der Waals surface area contributed by atoms with E-state index in [1.807, 2.05) is 31.2 Å². The molecule has 0 aliphatic rings. The van der Waals surface area contributed by atoms with Crippen molar-refractivity contribution >= 4 is 22.9 Å². The van der Waals surface area contributed by atoms with Crippen molar-refractivity contribution in [3.05, 3.63) is 56.7 Å². The van der Waals surface area contributed by atoms with Crippen molar-refractivity contribution in [3.63, 3.8) is 0 Å². The van der Waals surface area contributed by atoms with Crippen LogP contribution >= 0.6 is 22.9 Å². The van der Waals surface area contributed by atoms with Crippen LogP contribution in [0.5, 0.6) is 0 Å². The molecule has 0 radical (unpaired) electrons. The Morgan fingerprint density at radius 1 is 1.25 bits per heavy atom. The van der Waals surface area contributed by atoms with Crippen LogP contribution in [0.3, 0.4) is 0 Å². The summed E-state index contributed by atoms with van der Waals surface area (Å²) in [6.07, 6.45) is 0. The molecule has 16 heavy (non-hydrogen) atoms. The Morgan fingerprint density at radius 2 is 2.00 bits per heavy atom. The van der Waals surface area contributed by atoms with E-state index in [0.29, 0.717) is 0 Å². The Morgan fingerprint density at radius 3 is 2.56 bits per heavy atom. The lowest BCUT2D eigenvalue weighted by atomic mass is 9.87. The number of thiophene rings is 1. The summed E-state index contributed by atoms with van der Waals surface area (Å²) >= 11 is 7.71. The fourth-order valence-corrected chi connectivity index (χ4v) is 2.70. The molecule has 1 aromatic heterocycles. The van der Waals surface area contributed by atoms with E-state index in [4.69, 9.17) is 17.3 Å². The Balaban J connectivity index is 2.46. The van der Waals surface area contributed by atoms with Crippen molar-refractivity contribution in [1.29, 1.82) is 0 Å². The third-order valence-corrected chi connectivity index (χ3v) is 3.85. The summed E-state index contributed by atoms with van der Waals surface area (Å²) in [4.78, 5) is 1.27. The first kappa shape index (κ1) is 11.6. The number of halogens is 1. The van der Waals surface area contributed by atoms with Gasteiger partial charge in [-0.3, -0.25) is 0 Å². The molecule has 0 aliphatic heterocycles. The summed E-state index contributed by atoms with van der Waals surface area (Å²) in [5.74, 6) is 0. The highest BCUT2D eigenvalue weighted by Gasteiger charge is 2.24. The number of nitrogens with two attached hydrogens (primary N) is 1. The van der Waals surface area contributed by atoms with Gasteiger partial charge in [0.1, 0.15) is 0 Å². The van der Waals surface area contributed by atoms with Crippen LogP contribution in [0.2, 0.25) is 5.02 Å².